The maximum atomic E-state index is 5.94. The second-order valence-electron chi connectivity index (χ2n) is 7.00. The first-order valence-corrected chi connectivity index (χ1v) is 9.69. The third kappa shape index (κ3) is 4.05. The molecule has 0 atom stereocenters. The molecule has 3 nitrogen and oxygen atoms in total. The van der Waals surface area contributed by atoms with Gasteiger partial charge in [0.05, 0.1) is 12.1 Å². The van der Waals surface area contributed by atoms with Crippen LogP contribution in [0.4, 0.5) is 0 Å². The minimum atomic E-state index is 0.786. The van der Waals surface area contributed by atoms with Crippen LogP contribution in [0.25, 0.3) is 22.0 Å². The van der Waals surface area contributed by atoms with Gasteiger partial charge in [-0.05, 0) is 67.7 Å². The third-order valence-electron chi connectivity index (χ3n) is 5.15. The smallest absolute Gasteiger partial charge is 0.119 e. The summed E-state index contributed by atoms with van der Waals surface area (Å²) >= 11 is 0. The predicted octanol–water partition coefficient (Wildman–Crippen LogP) is 5.16. The van der Waals surface area contributed by atoms with Gasteiger partial charge in [-0.2, -0.15) is 0 Å². The number of fused-ring (bicyclic) bond motifs is 1. The standard InChI is InChI=1S/C23H26N2O/c1-4-15-25(16-5-1)17-6-18-26-20-11-9-19(10-12-20)21-13-14-24-23-8-3-2-7-22(21)23/h2-3,7-14H,1,4-6,15-18H2. The number of piperidine rings is 1. The van der Waals surface area contributed by atoms with Gasteiger partial charge < -0.3 is 9.64 Å². The van der Waals surface area contributed by atoms with Crippen molar-refractivity contribution in [3.05, 3.63) is 60.8 Å². The van der Waals surface area contributed by atoms with Crippen molar-refractivity contribution in [1.82, 2.24) is 9.88 Å². The molecule has 0 N–H and O–H groups in total. The molecule has 2 heterocycles. The first-order chi connectivity index (χ1) is 12.9. The maximum absolute atomic E-state index is 5.94. The Balaban J connectivity index is 1.36. The second kappa shape index (κ2) is 8.33. The van der Waals surface area contributed by atoms with Gasteiger partial charge in [0.15, 0.2) is 0 Å². The largest absolute Gasteiger partial charge is 0.494 e. The van der Waals surface area contributed by atoms with Gasteiger partial charge in [-0.25, -0.2) is 0 Å². The molecule has 134 valence electrons. The van der Waals surface area contributed by atoms with Crippen LogP contribution in [0.15, 0.2) is 60.8 Å². The molecule has 3 heteroatoms. The topological polar surface area (TPSA) is 25.4 Å². The summed E-state index contributed by atoms with van der Waals surface area (Å²) in [6, 6.07) is 18.8. The summed E-state index contributed by atoms with van der Waals surface area (Å²) in [6.07, 6.45) is 7.07. The van der Waals surface area contributed by atoms with Crippen LogP contribution in [0.2, 0.25) is 0 Å². The van der Waals surface area contributed by atoms with E-state index in [2.05, 4.69) is 58.4 Å². The molecule has 4 rings (SSSR count). The van der Waals surface area contributed by atoms with E-state index in [1.54, 1.807) is 0 Å². The fourth-order valence-corrected chi connectivity index (χ4v) is 3.74. The molecule has 1 saturated heterocycles. The molecular formula is C23H26N2O. The molecule has 1 aromatic heterocycles. The van der Waals surface area contributed by atoms with E-state index >= 15 is 0 Å². The molecule has 0 bridgehead atoms. The SMILES string of the molecule is c1ccc2c(-c3ccc(OCCCN4CCCCC4)cc3)ccnc2c1. The van der Waals surface area contributed by atoms with Crippen LogP contribution >= 0.6 is 0 Å². The molecule has 2 aromatic carbocycles. The summed E-state index contributed by atoms with van der Waals surface area (Å²) in [6.45, 7) is 4.46. The molecule has 1 aliphatic heterocycles. The zero-order chi connectivity index (χ0) is 17.6. The van der Waals surface area contributed by atoms with E-state index in [0.717, 1.165) is 30.8 Å². The van der Waals surface area contributed by atoms with Crippen molar-refractivity contribution in [2.45, 2.75) is 25.7 Å². The van der Waals surface area contributed by atoms with Gasteiger partial charge in [0, 0.05) is 18.1 Å². The highest BCUT2D eigenvalue weighted by atomic mass is 16.5. The molecule has 0 aliphatic carbocycles. The van der Waals surface area contributed by atoms with Crippen LogP contribution in [0.3, 0.4) is 0 Å². The van der Waals surface area contributed by atoms with Gasteiger partial charge in [0.1, 0.15) is 5.75 Å². The lowest BCUT2D eigenvalue weighted by Crippen LogP contribution is -2.31. The molecule has 0 saturated carbocycles. The van der Waals surface area contributed by atoms with Crippen LogP contribution in [0.1, 0.15) is 25.7 Å². The van der Waals surface area contributed by atoms with E-state index in [1.165, 1.54) is 48.9 Å². The lowest BCUT2D eigenvalue weighted by Gasteiger charge is -2.26. The van der Waals surface area contributed by atoms with E-state index in [4.69, 9.17) is 4.74 Å². The molecule has 0 unspecified atom stereocenters. The minimum Gasteiger partial charge on any atom is -0.494 e. The Labute approximate surface area is 155 Å². The summed E-state index contributed by atoms with van der Waals surface area (Å²) in [4.78, 5) is 7.00. The quantitative estimate of drug-likeness (QED) is 0.577. The van der Waals surface area contributed by atoms with Gasteiger partial charge in [0.2, 0.25) is 0 Å². The monoisotopic (exact) mass is 346 g/mol. The summed E-state index contributed by atoms with van der Waals surface area (Å²) in [5.41, 5.74) is 3.44. The lowest BCUT2D eigenvalue weighted by molar-refractivity contribution is 0.205. The Kier molecular flexibility index (Phi) is 5.46. The van der Waals surface area contributed by atoms with Crippen LogP contribution in [0, 0.1) is 0 Å². The molecule has 0 amide bonds. The Morgan fingerprint density at radius 2 is 1.69 bits per heavy atom. The molecule has 26 heavy (non-hydrogen) atoms. The second-order valence-corrected chi connectivity index (χ2v) is 7.00. The van der Waals surface area contributed by atoms with Crippen LogP contribution in [-0.4, -0.2) is 36.1 Å². The Bertz CT molecular complexity index is 833. The van der Waals surface area contributed by atoms with Gasteiger partial charge in [0.25, 0.3) is 0 Å². The van der Waals surface area contributed by atoms with Crippen molar-refractivity contribution in [2.24, 2.45) is 0 Å². The molecule has 0 radical (unpaired) electrons. The molecule has 0 spiro atoms. The lowest BCUT2D eigenvalue weighted by atomic mass is 10.0. The fraction of sp³-hybridized carbons (Fsp3) is 0.348. The highest BCUT2D eigenvalue weighted by Gasteiger charge is 2.09. The Morgan fingerprint density at radius 3 is 2.54 bits per heavy atom. The zero-order valence-electron chi connectivity index (χ0n) is 15.2. The number of hydrogen-bond acceptors (Lipinski definition) is 3. The van der Waals surface area contributed by atoms with Crippen LogP contribution < -0.4 is 4.74 Å². The molecule has 1 fully saturated rings. The van der Waals surface area contributed by atoms with Gasteiger partial charge in [-0.15, -0.1) is 0 Å². The van der Waals surface area contributed by atoms with Crippen molar-refractivity contribution in [1.29, 1.82) is 0 Å². The highest BCUT2D eigenvalue weighted by molar-refractivity contribution is 5.94. The van der Waals surface area contributed by atoms with Crippen LogP contribution in [-0.2, 0) is 0 Å². The van der Waals surface area contributed by atoms with Crippen LogP contribution in [0.5, 0.6) is 5.75 Å². The first-order valence-electron chi connectivity index (χ1n) is 9.69. The minimum absolute atomic E-state index is 0.786. The van der Waals surface area contributed by atoms with Crippen molar-refractivity contribution >= 4 is 10.9 Å². The van der Waals surface area contributed by atoms with E-state index in [9.17, 15) is 0 Å². The number of nitrogens with zero attached hydrogens (tertiary/aromatic N) is 2. The number of ether oxygens (including phenoxy) is 1. The molecule has 1 aliphatic rings. The average molecular weight is 346 g/mol. The number of pyridine rings is 1. The maximum Gasteiger partial charge on any atom is 0.119 e. The third-order valence-corrected chi connectivity index (χ3v) is 5.15. The van der Waals surface area contributed by atoms with E-state index in [-0.39, 0.29) is 0 Å². The summed E-state index contributed by atoms with van der Waals surface area (Å²) < 4.78 is 5.94. The number of para-hydroxylation sites is 1. The van der Waals surface area contributed by atoms with E-state index in [1.807, 2.05) is 12.3 Å². The van der Waals surface area contributed by atoms with E-state index in [0.29, 0.717) is 0 Å². The Hall–Kier alpha value is -2.39. The van der Waals surface area contributed by atoms with Crippen molar-refractivity contribution in [2.75, 3.05) is 26.2 Å². The first kappa shape index (κ1) is 17.0. The van der Waals surface area contributed by atoms with Gasteiger partial charge >= 0.3 is 0 Å². The average Bonchev–Trinajstić information content (AvgIpc) is 2.72. The number of benzene rings is 2. The van der Waals surface area contributed by atoms with Crippen molar-refractivity contribution < 1.29 is 4.74 Å². The van der Waals surface area contributed by atoms with Crippen molar-refractivity contribution in [3.63, 3.8) is 0 Å². The Morgan fingerprint density at radius 1 is 0.885 bits per heavy atom. The fourth-order valence-electron chi connectivity index (χ4n) is 3.74. The van der Waals surface area contributed by atoms with Gasteiger partial charge in [-0.3, -0.25) is 4.98 Å². The zero-order valence-corrected chi connectivity index (χ0v) is 15.2. The normalized spacial score (nSPS) is 15.2. The summed E-state index contributed by atoms with van der Waals surface area (Å²) in [5.74, 6) is 0.950. The number of rotatable bonds is 6. The van der Waals surface area contributed by atoms with Crippen molar-refractivity contribution in [3.8, 4) is 16.9 Å². The highest BCUT2D eigenvalue weighted by Crippen LogP contribution is 2.28. The number of aromatic nitrogens is 1. The number of hydrogen-bond donors (Lipinski definition) is 0. The van der Waals surface area contributed by atoms with Gasteiger partial charge in [-0.1, -0.05) is 36.8 Å². The summed E-state index contributed by atoms with van der Waals surface area (Å²) in [5, 5.41) is 1.19. The molecule has 3 aromatic rings. The van der Waals surface area contributed by atoms with E-state index < -0.39 is 0 Å². The summed E-state index contributed by atoms with van der Waals surface area (Å²) in [7, 11) is 0. The number of likely N-dealkylation sites (tertiary alicyclic amines) is 1. The predicted molar refractivity (Wildman–Crippen MR) is 108 cm³/mol. The molecular weight excluding hydrogens is 320 g/mol.